The molecule has 0 spiro atoms. The Labute approximate surface area is 108 Å². The maximum absolute atomic E-state index is 10.1. The minimum absolute atomic E-state index is 0.103. The second kappa shape index (κ2) is 4.77. The van der Waals surface area contributed by atoms with Gasteiger partial charge in [-0.2, -0.15) is 0 Å². The molecule has 2 unspecified atom stereocenters. The van der Waals surface area contributed by atoms with Crippen molar-refractivity contribution in [3.63, 3.8) is 0 Å². The number of aliphatic hydroxyl groups is 1. The van der Waals surface area contributed by atoms with Gasteiger partial charge in [-0.25, -0.2) is 0 Å². The average Bonchev–Trinajstić information content (AvgIpc) is 2.74. The summed E-state index contributed by atoms with van der Waals surface area (Å²) in [4.78, 5) is 3.35. The highest BCUT2D eigenvalue weighted by Gasteiger charge is 2.23. The predicted molar refractivity (Wildman–Crippen MR) is 74.7 cm³/mol. The predicted octanol–water partition coefficient (Wildman–Crippen LogP) is 3.57. The Kier molecular flexibility index (Phi) is 3.13. The van der Waals surface area contributed by atoms with Gasteiger partial charge >= 0.3 is 0 Å². The third kappa shape index (κ3) is 2.17. The monoisotopic (exact) mass is 243 g/mol. The van der Waals surface area contributed by atoms with Crippen LogP contribution in [0.15, 0.2) is 24.4 Å². The number of aryl methyl sites for hydroxylation is 1. The first-order valence-corrected chi connectivity index (χ1v) is 6.99. The van der Waals surface area contributed by atoms with Crippen molar-refractivity contribution < 1.29 is 5.11 Å². The maximum Gasteiger partial charge on any atom is 0.0571 e. The van der Waals surface area contributed by atoms with Gasteiger partial charge in [-0.15, -0.1) is 0 Å². The van der Waals surface area contributed by atoms with Crippen molar-refractivity contribution >= 4 is 10.9 Å². The van der Waals surface area contributed by atoms with E-state index < -0.39 is 0 Å². The average molecular weight is 243 g/mol. The molecule has 2 heteroatoms. The van der Waals surface area contributed by atoms with E-state index in [1.165, 1.54) is 41.3 Å². The molecular formula is C16H21NO. The first-order chi connectivity index (χ1) is 8.74. The molecule has 2 aromatic rings. The normalized spacial score (nSPS) is 24.6. The summed E-state index contributed by atoms with van der Waals surface area (Å²) in [5.74, 6) is 0.444. The lowest BCUT2D eigenvalue weighted by Crippen LogP contribution is -2.26. The number of fused-ring (bicyclic) bond motifs is 1. The van der Waals surface area contributed by atoms with Crippen LogP contribution in [0, 0.1) is 12.8 Å². The van der Waals surface area contributed by atoms with Crippen molar-refractivity contribution in [3.8, 4) is 0 Å². The van der Waals surface area contributed by atoms with Crippen molar-refractivity contribution in [1.29, 1.82) is 0 Å². The van der Waals surface area contributed by atoms with Crippen LogP contribution in [0.2, 0.25) is 0 Å². The highest BCUT2D eigenvalue weighted by molar-refractivity contribution is 5.83. The summed E-state index contributed by atoms with van der Waals surface area (Å²) in [7, 11) is 0. The van der Waals surface area contributed by atoms with E-state index in [1.807, 2.05) is 0 Å². The first kappa shape index (κ1) is 11.8. The molecule has 0 aliphatic heterocycles. The van der Waals surface area contributed by atoms with Crippen LogP contribution in [0.1, 0.15) is 36.8 Å². The molecule has 0 saturated heterocycles. The molecule has 2 nitrogen and oxygen atoms in total. The van der Waals surface area contributed by atoms with Crippen LogP contribution in [-0.2, 0) is 6.42 Å². The summed E-state index contributed by atoms with van der Waals surface area (Å²) in [6.07, 6.45) is 7.62. The second-order valence-corrected chi connectivity index (χ2v) is 5.68. The number of hydrogen-bond acceptors (Lipinski definition) is 1. The van der Waals surface area contributed by atoms with Gasteiger partial charge in [0.15, 0.2) is 0 Å². The molecule has 0 bridgehead atoms. The molecule has 1 aliphatic rings. The molecule has 1 aromatic carbocycles. The second-order valence-electron chi connectivity index (χ2n) is 5.68. The number of aliphatic hydroxyl groups excluding tert-OH is 1. The molecule has 18 heavy (non-hydrogen) atoms. The van der Waals surface area contributed by atoms with E-state index in [2.05, 4.69) is 36.3 Å². The maximum atomic E-state index is 10.1. The fourth-order valence-corrected chi connectivity index (χ4v) is 3.18. The fourth-order valence-electron chi connectivity index (χ4n) is 3.18. The Bertz CT molecular complexity index is 543. The smallest absolute Gasteiger partial charge is 0.0571 e. The molecule has 0 amide bonds. The molecule has 1 saturated carbocycles. The molecule has 1 aromatic heterocycles. The summed E-state index contributed by atoms with van der Waals surface area (Å²) < 4.78 is 0. The number of rotatable bonds is 2. The number of hydrogen-bond donors (Lipinski definition) is 2. The van der Waals surface area contributed by atoms with Crippen molar-refractivity contribution in [2.45, 2.75) is 45.1 Å². The van der Waals surface area contributed by atoms with Gasteiger partial charge in [0.25, 0.3) is 0 Å². The largest absolute Gasteiger partial charge is 0.393 e. The van der Waals surface area contributed by atoms with Crippen molar-refractivity contribution in [3.05, 3.63) is 35.5 Å². The SMILES string of the molecule is Cc1ccc2c(CC3CCCCC3O)c[nH]c2c1. The molecule has 1 heterocycles. The number of aromatic amines is 1. The molecular weight excluding hydrogens is 222 g/mol. The van der Waals surface area contributed by atoms with Gasteiger partial charge in [-0.05, 0) is 49.3 Å². The fraction of sp³-hybridized carbons (Fsp3) is 0.500. The molecule has 2 atom stereocenters. The van der Waals surface area contributed by atoms with E-state index in [9.17, 15) is 5.11 Å². The summed E-state index contributed by atoms with van der Waals surface area (Å²) in [6.45, 7) is 2.12. The van der Waals surface area contributed by atoms with E-state index in [0.29, 0.717) is 5.92 Å². The third-order valence-corrected chi connectivity index (χ3v) is 4.27. The van der Waals surface area contributed by atoms with Gasteiger partial charge < -0.3 is 10.1 Å². The van der Waals surface area contributed by atoms with Gasteiger partial charge in [0.2, 0.25) is 0 Å². The number of nitrogens with one attached hydrogen (secondary N) is 1. The lowest BCUT2D eigenvalue weighted by atomic mass is 9.82. The Hall–Kier alpha value is -1.28. The van der Waals surface area contributed by atoms with Crippen LogP contribution >= 0.6 is 0 Å². The third-order valence-electron chi connectivity index (χ3n) is 4.27. The molecule has 96 valence electrons. The Morgan fingerprint density at radius 1 is 1.28 bits per heavy atom. The van der Waals surface area contributed by atoms with Gasteiger partial charge in [0.1, 0.15) is 0 Å². The summed E-state index contributed by atoms with van der Waals surface area (Å²) in [5, 5.41) is 11.4. The van der Waals surface area contributed by atoms with Gasteiger partial charge in [-0.3, -0.25) is 0 Å². The minimum Gasteiger partial charge on any atom is -0.393 e. The van der Waals surface area contributed by atoms with Crippen LogP contribution < -0.4 is 0 Å². The summed E-state index contributed by atoms with van der Waals surface area (Å²) >= 11 is 0. The Morgan fingerprint density at radius 2 is 2.11 bits per heavy atom. The zero-order valence-corrected chi connectivity index (χ0v) is 10.9. The van der Waals surface area contributed by atoms with Gasteiger partial charge in [0.05, 0.1) is 6.10 Å². The van der Waals surface area contributed by atoms with Crippen molar-refractivity contribution in [1.82, 2.24) is 4.98 Å². The Balaban J connectivity index is 1.86. The van der Waals surface area contributed by atoms with Crippen LogP contribution in [0.25, 0.3) is 10.9 Å². The van der Waals surface area contributed by atoms with Gasteiger partial charge in [-0.1, -0.05) is 25.0 Å². The topological polar surface area (TPSA) is 36.0 Å². The van der Waals surface area contributed by atoms with Crippen LogP contribution in [0.4, 0.5) is 0 Å². The quantitative estimate of drug-likeness (QED) is 0.831. The lowest BCUT2D eigenvalue weighted by Gasteiger charge is -2.27. The first-order valence-electron chi connectivity index (χ1n) is 6.99. The summed E-state index contributed by atoms with van der Waals surface area (Å²) in [6, 6.07) is 6.55. The highest BCUT2D eigenvalue weighted by atomic mass is 16.3. The molecule has 1 fully saturated rings. The number of aromatic nitrogens is 1. The van der Waals surface area contributed by atoms with Crippen LogP contribution in [0.3, 0.4) is 0 Å². The van der Waals surface area contributed by atoms with Crippen molar-refractivity contribution in [2.24, 2.45) is 5.92 Å². The van der Waals surface area contributed by atoms with E-state index >= 15 is 0 Å². The van der Waals surface area contributed by atoms with E-state index in [4.69, 9.17) is 0 Å². The highest BCUT2D eigenvalue weighted by Crippen LogP contribution is 2.30. The lowest BCUT2D eigenvalue weighted by molar-refractivity contribution is 0.0702. The minimum atomic E-state index is -0.103. The number of benzene rings is 1. The molecule has 0 radical (unpaired) electrons. The van der Waals surface area contributed by atoms with Gasteiger partial charge in [0, 0.05) is 17.1 Å². The van der Waals surface area contributed by atoms with Crippen LogP contribution in [-0.4, -0.2) is 16.2 Å². The van der Waals surface area contributed by atoms with Crippen LogP contribution in [0.5, 0.6) is 0 Å². The van der Waals surface area contributed by atoms with Crippen molar-refractivity contribution in [2.75, 3.05) is 0 Å². The Morgan fingerprint density at radius 3 is 2.94 bits per heavy atom. The zero-order chi connectivity index (χ0) is 12.5. The number of H-pyrrole nitrogens is 1. The zero-order valence-electron chi connectivity index (χ0n) is 10.9. The molecule has 1 aliphatic carbocycles. The molecule has 2 N–H and O–H groups in total. The van der Waals surface area contributed by atoms with E-state index in [0.717, 1.165) is 12.8 Å². The standard InChI is InChI=1S/C16H21NO/c1-11-6-7-14-13(10-17-15(14)8-11)9-12-4-2-3-5-16(12)18/h6-8,10,12,16-18H,2-5,9H2,1H3. The summed E-state index contributed by atoms with van der Waals surface area (Å²) in [5.41, 5.74) is 3.86. The van der Waals surface area contributed by atoms with E-state index in [-0.39, 0.29) is 6.10 Å². The van der Waals surface area contributed by atoms with E-state index in [1.54, 1.807) is 0 Å². The molecule has 3 rings (SSSR count).